The van der Waals surface area contributed by atoms with Crippen LogP contribution in [0, 0.1) is 6.92 Å². The minimum atomic E-state index is -0.161. The first kappa shape index (κ1) is 9.86. The topological polar surface area (TPSA) is 56.7 Å². The van der Waals surface area contributed by atoms with E-state index in [0.29, 0.717) is 0 Å². The fourth-order valence-electron chi connectivity index (χ4n) is 1.52. The van der Waals surface area contributed by atoms with Gasteiger partial charge in [0.15, 0.2) is 0 Å². The zero-order valence-corrected chi connectivity index (χ0v) is 8.88. The largest absolute Gasteiger partial charge is 0.319 e. The maximum atomic E-state index is 6.11. The molecule has 0 saturated carbocycles. The number of benzene rings is 1. The highest BCUT2D eigenvalue weighted by atomic mass is 15.4. The van der Waals surface area contributed by atoms with Crippen LogP contribution in [0.1, 0.15) is 22.9 Å². The molecule has 1 atom stereocenters. The molecule has 15 heavy (non-hydrogen) atoms. The van der Waals surface area contributed by atoms with Crippen LogP contribution >= 0.6 is 0 Å². The van der Waals surface area contributed by atoms with Gasteiger partial charge in [0.1, 0.15) is 0 Å². The van der Waals surface area contributed by atoms with Crippen LogP contribution in [0.5, 0.6) is 0 Å². The second-order valence-electron chi connectivity index (χ2n) is 3.67. The molecule has 1 aromatic carbocycles. The first-order valence-electron chi connectivity index (χ1n) is 4.85. The fraction of sp³-hybridized carbons (Fsp3) is 0.273. The molecule has 78 valence electrons. The van der Waals surface area contributed by atoms with Crippen molar-refractivity contribution in [3.8, 4) is 0 Å². The Kier molecular flexibility index (Phi) is 2.51. The number of rotatable bonds is 2. The van der Waals surface area contributed by atoms with Gasteiger partial charge in [-0.05, 0) is 12.5 Å². The van der Waals surface area contributed by atoms with Gasteiger partial charge in [-0.2, -0.15) is 0 Å². The highest BCUT2D eigenvalue weighted by Crippen LogP contribution is 2.18. The summed E-state index contributed by atoms with van der Waals surface area (Å²) in [6.07, 6.45) is 1.70. The molecule has 0 bridgehead atoms. The Hall–Kier alpha value is -1.68. The van der Waals surface area contributed by atoms with E-state index < -0.39 is 0 Å². The number of nitrogens with two attached hydrogens (primary N) is 1. The molecule has 2 aromatic rings. The quantitative estimate of drug-likeness (QED) is 0.795. The first-order valence-corrected chi connectivity index (χ1v) is 4.85. The third kappa shape index (κ3) is 1.89. The van der Waals surface area contributed by atoms with Crippen molar-refractivity contribution in [2.75, 3.05) is 0 Å². The van der Waals surface area contributed by atoms with Crippen molar-refractivity contribution in [2.45, 2.75) is 13.0 Å². The summed E-state index contributed by atoms with van der Waals surface area (Å²) in [6.45, 7) is 2.06. The number of nitrogens with zero attached hydrogens (tertiary/aromatic N) is 3. The van der Waals surface area contributed by atoms with E-state index in [9.17, 15) is 0 Å². The van der Waals surface area contributed by atoms with Crippen molar-refractivity contribution >= 4 is 0 Å². The zero-order chi connectivity index (χ0) is 10.8. The lowest BCUT2D eigenvalue weighted by Crippen LogP contribution is -2.15. The predicted molar refractivity (Wildman–Crippen MR) is 58.2 cm³/mol. The fourth-order valence-corrected chi connectivity index (χ4v) is 1.52. The minimum Gasteiger partial charge on any atom is -0.319 e. The molecule has 0 aliphatic heterocycles. The SMILES string of the molecule is Cc1ccc(C(N)c2cnnn2C)cc1. The van der Waals surface area contributed by atoms with Crippen molar-refractivity contribution in [3.05, 3.63) is 47.3 Å². The molecule has 2 rings (SSSR count). The number of aromatic nitrogens is 3. The first-order chi connectivity index (χ1) is 7.18. The van der Waals surface area contributed by atoms with E-state index in [2.05, 4.69) is 29.4 Å². The van der Waals surface area contributed by atoms with E-state index in [1.165, 1.54) is 5.56 Å². The molecule has 1 aromatic heterocycles. The normalized spacial score (nSPS) is 12.7. The summed E-state index contributed by atoms with van der Waals surface area (Å²) in [5, 5.41) is 7.69. The van der Waals surface area contributed by atoms with E-state index >= 15 is 0 Å². The molecule has 0 amide bonds. The smallest absolute Gasteiger partial charge is 0.0796 e. The Morgan fingerprint density at radius 2 is 1.93 bits per heavy atom. The molecule has 4 heteroatoms. The summed E-state index contributed by atoms with van der Waals surface area (Å²) >= 11 is 0. The van der Waals surface area contributed by atoms with Crippen molar-refractivity contribution in [1.29, 1.82) is 0 Å². The molecule has 1 unspecified atom stereocenters. The van der Waals surface area contributed by atoms with Crippen LogP contribution in [0.3, 0.4) is 0 Å². The highest BCUT2D eigenvalue weighted by Gasteiger charge is 2.12. The Labute approximate surface area is 88.7 Å². The summed E-state index contributed by atoms with van der Waals surface area (Å²) < 4.78 is 1.70. The molecule has 0 aliphatic rings. The van der Waals surface area contributed by atoms with Gasteiger partial charge in [0.25, 0.3) is 0 Å². The van der Waals surface area contributed by atoms with Crippen molar-refractivity contribution < 1.29 is 0 Å². The highest BCUT2D eigenvalue weighted by molar-refractivity contribution is 5.28. The lowest BCUT2D eigenvalue weighted by atomic mass is 10.0. The monoisotopic (exact) mass is 202 g/mol. The Morgan fingerprint density at radius 1 is 1.27 bits per heavy atom. The Morgan fingerprint density at radius 3 is 2.47 bits per heavy atom. The molecular formula is C11H14N4. The van der Waals surface area contributed by atoms with Gasteiger partial charge in [-0.1, -0.05) is 35.0 Å². The lowest BCUT2D eigenvalue weighted by Gasteiger charge is -2.11. The minimum absolute atomic E-state index is 0.161. The third-order valence-corrected chi connectivity index (χ3v) is 2.50. The van der Waals surface area contributed by atoms with Crippen LogP contribution in [0.25, 0.3) is 0 Å². The zero-order valence-electron chi connectivity index (χ0n) is 8.88. The van der Waals surface area contributed by atoms with Crippen molar-refractivity contribution in [1.82, 2.24) is 15.0 Å². The standard InChI is InChI=1S/C11H14N4/c1-8-3-5-9(6-4-8)11(12)10-7-13-14-15(10)2/h3-7,11H,12H2,1-2H3. The molecule has 2 N–H and O–H groups in total. The van der Waals surface area contributed by atoms with Crippen LogP contribution < -0.4 is 5.73 Å². The van der Waals surface area contributed by atoms with Crippen molar-refractivity contribution in [2.24, 2.45) is 12.8 Å². The number of hydrogen-bond acceptors (Lipinski definition) is 3. The molecule has 0 saturated heterocycles. The van der Waals surface area contributed by atoms with E-state index in [1.54, 1.807) is 10.9 Å². The molecule has 4 nitrogen and oxygen atoms in total. The second kappa shape index (κ2) is 3.82. The molecule has 0 radical (unpaired) electrons. The van der Waals surface area contributed by atoms with Crippen LogP contribution in [-0.2, 0) is 7.05 Å². The molecule has 0 fully saturated rings. The number of aryl methyl sites for hydroxylation is 2. The lowest BCUT2D eigenvalue weighted by molar-refractivity contribution is 0.651. The number of hydrogen-bond donors (Lipinski definition) is 1. The molecule has 1 heterocycles. The molecule has 0 spiro atoms. The van der Waals surface area contributed by atoms with Gasteiger partial charge in [-0.3, -0.25) is 4.68 Å². The van der Waals surface area contributed by atoms with Gasteiger partial charge < -0.3 is 5.73 Å². The van der Waals surface area contributed by atoms with Gasteiger partial charge in [0, 0.05) is 7.05 Å². The summed E-state index contributed by atoms with van der Waals surface area (Å²) in [4.78, 5) is 0. The van der Waals surface area contributed by atoms with Crippen LogP contribution in [0.15, 0.2) is 30.5 Å². The predicted octanol–water partition coefficient (Wildman–Crippen LogP) is 1.17. The summed E-state index contributed by atoms with van der Waals surface area (Å²) in [5.74, 6) is 0. The Balaban J connectivity index is 2.32. The van der Waals surface area contributed by atoms with E-state index in [1.807, 2.05) is 19.2 Å². The summed E-state index contributed by atoms with van der Waals surface area (Å²) in [7, 11) is 1.84. The molecule has 0 aliphatic carbocycles. The van der Waals surface area contributed by atoms with Gasteiger partial charge >= 0.3 is 0 Å². The summed E-state index contributed by atoms with van der Waals surface area (Å²) in [5.41, 5.74) is 9.33. The Bertz CT molecular complexity index is 444. The van der Waals surface area contributed by atoms with Crippen LogP contribution in [0.2, 0.25) is 0 Å². The van der Waals surface area contributed by atoms with Gasteiger partial charge in [0.2, 0.25) is 0 Å². The van der Waals surface area contributed by atoms with Crippen molar-refractivity contribution in [3.63, 3.8) is 0 Å². The van der Waals surface area contributed by atoms with Gasteiger partial charge in [-0.25, -0.2) is 0 Å². The van der Waals surface area contributed by atoms with Crippen LogP contribution in [0.4, 0.5) is 0 Å². The van der Waals surface area contributed by atoms with Gasteiger partial charge in [0.05, 0.1) is 17.9 Å². The van der Waals surface area contributed by atoms with Crippen LogP contribution in [-0.4, -0.2) is 15.0 Å². The average Bonchev–Trinajstić information content (AvgIpc) is 2.65. The van der Waals surface area contributed by atoms with E-state index in [4.69, 9.17) is 5.73 Å². The third-order valence-electron chi connectivity index (χ3n) is 2.50. The van der Waals surface area contributed by atoms with Gasteiger partial charge in [-0.15, -0.1) is 5.10 Å². The van der Waals surface area contributed by atoms with E-state index in [-0.39, 0.29) is 6.04 Å². The second-order valence-corrected chi connectivity index (χ2v) is 3.67. The van der Waals surface area contributed by atoms with E-state index in [0.717, 1.165) is 11.3 Å². The maximum Gasteiger partial charge on any atom is 0.0796 e. The molecular weight excluding hydrogens is 188 g/mol. The maximum absolute atomic E-state index is 6.11. The summed E-state index contributed by atoms with van der Waals surface area (Å²) in [6, 6.07) is 8.02. The average molecular weight is 202 g/mol.